The van der Waals surface area contributed by atoms with E-state index in [0.29, 0.717) is 5.56 Å². The number of Topliss-reactive ketones (excluding diaryl/α,β-unsaturated/α-hetero) is 1. The number of thiophene rings is 1. The van der Waals surface area contributed by atoms with Crippen molar-refractivity contribution in [1.29, 1.82) is 0 Å². The fourth-order valence-electron chi connectivity index (χ4n) is 1.71. The van der Waals surface area contributed by atoms with E-state index in [1.165, 1.54) is 17.4 Å². The first kappa shape index (κ1) is 13.0. The van der Waals surface area contributed by atoms with Gasteiger partial charge in [0.05, 0.1) is 4.88 Å². The highest BCUT2D eigenvalue weighted by molar-refractivity contribution is 7.17. The highest BCUT2D eigenvalue weighted by Crippen LogP contribution is 2.30. The molecule has 0 radical (unpaired) electrons. The Labute approximate surface area is 110 Å². The summed E-state index contributed by atoms with van der Waals surface area (Å²) in [5, 5.41) is 0. The normalized spacial score (nSPS) is 10.9. The van der Waals surface area contributed by atoms with Gasteiger partial charge in [0.2, 0.25) is 0 Å². The van der Waals surface area contributed by atoms with Crippen LogP contribution in [0.3, 0.4) is 0 Å². The minimum Gasteiger partial charge on any atom is -0.293 e. The molecular weight excluding hydrogens is 247 g/mol. The number of carbonyl (C=O) groups is 1. The van der Waals surface area contributed by atoms with Gasteiger partial charge < -0.3 is 0 Å². The maximum Gasteiger partial charge on any atom is 0.175 e. The van der Waals surface area contributed by atoms with E-state index in [1.54, 1.807) is 13.0 Å². The number of ketones is 1. The molecular formula is C15H15FOS. The van der Waals surface area contributed by atoms with E-state index >= 15 is 0 Å². The van der Waals surface area contributed by atoms with Gasteiger partial charge in [-0.15, -0.1) is 11.3 Å². The third-order valence-electron chi connectivity index (χ3n) is 2.82. The topological polar surface area (TPSA) is 17.1 Å². The molecule has 0 N–H and O–H groups in total. The summed E-state index contributed by atoms with van der Waals surface area (Å²) in [6.45, 7) is 5.53. The molecule has 0 aliphatic carbocycles. The van der Waals surface area contributed by atoms with Crippen LogP contribution < -0.4 is 0 Å². The number of hydrogen-bond donors (Lipinski definition) is 0. The van der Waals surface area contributed by atoms with E-state index in [4.69, 9.17) is 0 Å². The van der Waals surface area contributed by atoms with E-state index in [0.717, 1.165) is 15.3 Å². The van der Waals surface area contributed by atoms with Gasteiger partial charge in [-0.1, -0.05) is 19.9 Å². The van der Waals surface area contributed by atoms with E-state index in [2.05, 4.69) is 0 Å². The molecule has 0 amide bonds. The second kappa shape index (κ2) is 5.02. The molecule has 94 valence electrons. The van der Waals surface area contributed by atoms with Crippen LogP contribution in [0.4, 0.5) is 4.39 Å². The Balaban J connectivity index is 2.35. The van der Waals surface area contributed by atoms with Crippen LogP contribution in [0, 0.1) is 18.7 Å². The number of carbonyl (C=O) groups excluding carboxylic acids is 1. The van der Waals surface area contributed by atoms with Gasteiger partial charge >= 0.3 is 0 Å². The number of halogens is 1. The van der Waals surface area contributed by atoms with Crippen molar-refractivity contribution in [3.05, 3.63) is 46.6 Å². The molecule has 1 nitrogen and oxygen atoms in total. The molecule has 1 aromatic carbocycles. The summed E-state index contributed by atoms with van der Waals surface area (Å²) in [5.74, 6) is -0.0367. The molecule has 0 atom stereocenters. The van der Waals surface area contributed by atoms with Crippen LogP contribution in [0.25, 0.3) is 10.4 Å². The molecule has 1 aromatic heterocycles. The lowest BCUT2D eigenvalue weighted by Crippen LogP contribution is -2.04. The van der Waals surface area contributed by atoms with Crippen molar-refractivity contribution in [1.82, 2.24) is 0 Å². The molecule has 0 saturated carbocycles. The monoisotopic (exact) mass is 262 g/mol. The molecule has 2 rings (SSSR count). The average molecular weight is 262 g/mol. The lowest BCUT2D eigenvalue weighted by molar-refractivity contribution is 0.0943. The van der Waals surface area contributed by atoms with E-state index in [9.17, 15) is 9.18 Å². The van der Waals surface area contributed by atoms with E-state index < -0.39 is 0 Å². The van der Waals surface area contributed by atoms with Crippen molar-refractivity contribution < 1.29 is 9.18 Å². The van der Waals surface area contributed by atoms with Gasteiger partial charge in [0.25, 0.3) is 0 Å². The summed E-state index contributed by atoms with van der Waals surface area (Å²) in [6.07, 6.45) is 0. The van der Waals surface area contributed by atoms with Crippen molar-refractivity contribution in [2.75, 3.05) is 0 Å². The Morgan fingerprint density at radius 1 is 1.22 bits per heavy atom. The fraction of sp³-hybridized carbons (Fsp3) is 0.267. The highest BCUT2D eigenvalue weighted by Gasteiger charge is 2.13. The van der Waals surface area contributed by atoms with Crippen LogP contribution in [0.2, 0.25) is 0 Å². The SMILES string of the molecule is Cc1cc(-c2ccc(C(=O)C(C)C)s2)ccc1F. The van der Waals surface area contributed by atoms with Crippen molar-refractivity contribution in [3.8, 4) is 10.4 Å². The van der Waals surface area contributed by atoms with Gasteiger partial charge in [0.1, 0.15) is 5.82 Å². The van der Waals surface area contributed by atoms with Crippen LogP contribution in [0.5, 0.6) is 0 Å². The Bertz CT molecular complexity index is 584. The zero-order valence-corrected chi connectivity index (χ0v) is 11.5. The summed E-state index contributed by atoms with van der Waals surface area (Å²) in [5.41, 5.74) is 1.58. The second-order valence-electron chi connectivity index (χ2n) is 4.65. The van der Waals surface area contributed by atoms with Crippen molar-refractivity contribution >= 4 is 17.1 Å². The molecule has 0 bridgehead atoms. The number of rotatable bonds is 3. The first-order chi connectivity index (χ1) is 8.49. The molecule has 18 heavy (non-hydrogen) atoms. The van der Waals surface area contributed by atoms with Crippen LogP contribution in [-0.2, 0) is 0 Å². The van der Waals surface area contributed by atoms with Crippen molar-refractivity contribution in [3.63, 3.8) is 0 Å². The molecule has 2 aromatic rings. The highest BCUT2D eigenvalue weighted by atomic mass is 32.1. The quantitative estimate of drug-likeness (QED) is 0.733. The number of aryl methyl sites for hydroxylation is 1. The molecule has 0 fully saturated rings. The van der Waals surface area contributed by atoms with Crippen molar-refractivity contribution in [2.45, 2.75) is 20.8 Å². The summed E-state index contributed by atoms with van der Waals surface area (Å²) in [4.78, 5) is 13.6. The maximum absolute atomic E-state index is 13.2. The van der Waals surface area contributed by atoms with Gasteiger partial charge in [-0.3, -0.25) is 4.79 Å². The predicted molar refractivity (Wildman–Crippen MR) is 73.6 cm³/mol. The zero-order chi connectivity index (χ0) is 13.3. The van der Waals surface area contributed by atoms with Crippen LogP contribution in [0.15, 0.2) is 30.3 Å². The third kappa shape index (κ3) is 2.51. The summed E-state index contributed by atoms with van der Waals surface area (Å²) < 4.78 is 13.2. The molecule has 0 aliphatic rings. The number of benzene rings is 1. The van der Waals surface area contributed by atoms with Crippen LogP contribution in [-0.4, -0.2) is 5.78 Å². The summed E-state index contributed by atoms with van der Waals surface area (Å²) >= 11 is 1.46. The standard InChI is InChI=1S/C15H15FOS/c1-9(2)15(17)14-7-6-13(18-14)11-4-5-12(16)10(3)8-11/h4-9H,1-3H3. The molecule has 0 spiro atoms. The lowest BCUT2D eigenvalue weighted by atomic mass is 10.1. The maximum atomic E-state index is 13.2. The first-order valence-electron chi connectivity index (χ1n) is 5.89. The second-order valence-corrected chi connectivity index (χ2v) is 5.73. The minimum atomic E-state index is -0.200. The van der Waals surface area contributed by atoms with Gasteiger partial charge in [-0.05, 0) is 42.3 Å². The van der Waals surface area contributed by atoms with E-state index in [1.807, 2.05) is 32.0 Å². The Morgan fingerprint density at radius 2 is 1.94 bits per heavy atom. The van der Waals surface area contributed by atoms with Gasteiger partial charge in [0.15, 0.2) is 5.78 Å². The number of hydrogen-bond acceptors (Lipinski definition) is 2. The molecule has 0 aliphatic heterocycles. The van der Waals surface area contributed by atoms with Gasteiger partial charge in [-0.25, -0.2) is 4.39 Å². The predicted octanol–water partition coefficient (Wildman–Crippen LogP) is 4.70. The summed E-state index contributed by atoms with van der Waals surface area (Å²) in [7, 11) is 0. The molecule has 3 heteroatoms. The van der Waals surface area contributed by atoms with Gasteiger partial charge in [-0.2, -0.15) is 0 Å². The van der Waals surface area contributed by atoms with Crippen LogP contribution in [0.1, 0.15) is 29.1 Å². The van der Waals surface area contributed by atoms with Gasteiger partial charge in [0, 0.05) is 10.8 Å². The first-order valence-corrected chi connectivity index (χ1v) is 6.71. The van der Waals surface area contributed by atoms with Crippen molar-refractivity contribution in [2.24, 2.45) is 5.92 Å². The molecule has 0 saturated heterocycles. The minimum absolute atomic E-state index is 0.00598. The Hall–Kier alpha value is -1.48. The van der Waals surface area contributed by atoms with E-state index in [-0.39, 0.29) is 17.5 Å². The van der Waals surface area contributed by atoms with Crippen LogP contribution >= 0.6 is 11.3 Å². The average Bonchev–Trinajstić information content (AvgIpc) is 2.81. The lowest BCUT2D eigenvalue weighted by Gasteiger charge is -2.01. The third-order valence-corrected chi connectivity index (χ3v) is 3.96. The fourth-order valence-corrected chi connectivity index (χ4v) is 2.80. The zero-order valence-electron chi connectivity index (χ0n) is 10.7. The molecule has 1 heterocycles. The Morgan fingerprint density at radius 3 is 2.56 bits per heavy atom. The Kier molecular flexibility index (Phi) is 3.62. The smallest absolute Gasteiger partial charge is 0.175 e. The largest absolute Gasteiger partial charge is 0.293 e. The summed E-state index contributed by atoms with van der Waals surface area (Å²) in [6, 6.07) is 8.80. The molecule has 0 unspecified atom stereocenters.